The van der Waals surface area contributed by atoms with Crippen molar-refractivity contribution in [1.29, 1.82) is 0 Å². The lowest BCUT2D eigenvalue weighted by molar-refractivity contribution is 0.543. The minimum absolute atomic E-state index is 0.150. The molecule has 2 rings (SSSR count). The summed E-state index contributed by atoms with van der Waals surface area (Å²) in [5.74, 6) is -0.201. The molecule has 0 bridgehead atoms. The van der Waals surface area contributed by atoms with Crippen molar-refractivity contribution in [2.45, 2.75) is 19.4 Å². The summed E-state index contributed by atoms with van der Waals surface area (Å²) in [4.78, 5) is 0. The molecule has 0 radical (unpaired) electrons. The van der Waals surface area contributed by atoms with Crippen molar-refractivity contribution in [3.63, 3.8) is 0 Å². The molecule has 1 unspecified atom stereocenters. The Bertz CT molecular complexity index is 478. The first-order valence-corrected chi connectivity index (χ1v) is 7.63. The Balaban J connectivity index is 2.23. The van der Waals surface area contributed by atoms with E-state index in [4.69, 9.17) is 0 Å². The molecular weight excluding hydrogens is 313 g/mol. The summed E-state index contributed by atoms with van der Waals surface area (Å²) in [5.41, 5.74) is 2.27. The van der Waals surface area contributed by atoms with E-state index in [2.05, 4.69) is 45.0 Å². The zero-order chi connectivity index (χ0) is 13.0. The summed E-state index contributed by atoms with van der Waals surface area (Å²) in [6.45, 7) is 2.93. The highest BCUT2D eigenvalue weighted by Crippen LogP contribution is 2.24. The van der Waals surface area contributed by atoms with E-state index in [0.717, 1.165) is 23.0 Å². The summed E-state index contributed by atoms with van der Waals surface area (Å²) in [6, 6.07) is 7.32. The fraction of sp³-hybridized carbons (Fsp3) is 0.286. The SMILES string of the molecule is CCNC(Cc1ccsc1)c1cc(F)cc(Br)c1. The molecule has 1 nitrogen and oxygen atoms in total. The number of rotatable bonds is 5. The quantitative estimate of drug-likeness (QED) is 0.849. The number of hydrogen-bond donors (Lipinski definition) is 1. The molecule has 1 heterocycles. The monoisotopic (exact) mass is 327 g/mol. The zero-order valence-corrected chi connectivity index (χ0v) is 12.5. The second-order valence-corrected chi connectivity index (χ2v) is 5.84. The summed E-state index contributed by atoms with van der Waals surface area (Å²) in [6.07, 6.45) is 0.882. The third kappa shape index (κ3) is 3.64. The molecule has 4 heteroatoms. The van der Waals surface area contributed by atoms with E-state index in [-0.39, 0.29) is 11.9 Å². The first kappa shape index (κ1) is 13.7. The van der Waals surface area contributed by atoms with Gasteiger partial charge in [0.2, 0.25) is 0 Å². The van der Waals surface area contributed by atoms with Crippen molar-refractivity contribution in [1.82, 2.24) is 5.32 Å². The van der Waals surface area contributed by atoms with Crippen LogP contribution in [0.15, 0.2) is 39.5 Å². The van der Waals surface area contributed by atoms with Gasteiger partial charge in [0.25, 0.3) is 0 Å². The van der Waals surface area contributed by atoms with Gasteiger partial charge in [-0.05, 0) is 59.1 Å². The van der Waals surface area contributed by atoms with Gasteiger partial charge in [0, 0.05) is 10.5 Å². The van der Waals surface area contributed by atoms with Gasteiger partial charge < -0.3 is 5.32 Å². The Hall–Kier alpha value is -0.710. The van der Waals surface area contributed by atoms with Gasteiger partial charge in [-0.2, -0.15) is 11.3 Å². The standard InChI is InChI=1S/C14H15BrFNS/c1-2-17-14(5-10-3-4-18-9-10)11-6-12(15)8-13(16)7-11/h3-4,6-9,14,17H,2,5H2,1H3. The molecule has 0 saturated carbocycles. The second kappa shape index (κ2) is 6.45. The van der Waals surface area contributed by atoms with Crippen molar-refractivity contribution in [3.05, 3.63) is 56.4 Å². The number of likely N-dealkylation sites (N-methyl/N-ethyl adjacent to an activating group) is 1. The first-order chi connectivity index (χ1) is 8.69. The van der Waals surface area contributed by atoms with Crippen LogP contribution < -0.4 is 5.32 Å². The van der Waals surface area contributed by atoms with Gasteiger partial charge in [0.1, 0.15) is 5.82 Å². The lowest BCUT2D eigenvalue weighted by atomic mass is 10.0. The van der Waals surface area contributed by atoms with Crippen molar-refractivity contribution >= 4 is 27.3 Å². The third-order valence-corrected chi connectivity index (χ3v) is 3.95. The Morgan fingerprint density at radius 3 is 2.83 bits per heavy atom. The number of benzene rings is 1. The van der Waals surface area contributed by atoms with Crippen LogP contribution in [0.5, 0.6) is 0 Å². The first-order valence-electron chi connectivity index (χ1n) is 5.89. The lowest BCUT2D eigenvalue weighted by Gasteiger charge is -2.18. The largest absolute Gasteiger partial charge is 0.310 e. The van der Waals surface area contributed by atoms with Gasteiger partial charge in [-0.3, -0.25) is 0 Å². The van der Waals surface area contributed by atoms with Crippen LogP contribution in [0.2, 0.25) is 0 Å². The van der Waals surface area contributed by atoms with Crippen LogP contribution in [0.25, 0.3) is 0 Å². The van der Waals surface area contributed by atoms with Gasteiger partial charge >= 0.3 is 0 Å². The van der Waals surface area contributed by atoms with E-state index in [1.807, 2.05) is 6.07 Å². The molecule has 1 atom stereocenters. The average molecular weight is 328 g/mol. The van der Waals surface area contributed by atoms with E-state index >= 15 is 0 Å². The Labute approximate surface area is 119 Å². The Morgan fingerprint density at radius 1 is 1.39 bits per heavy atom. The molecule has 1 aromatic carbocycles. The number of thiophene rings is 1. The maximum Gasteiger partial charge on any atom is 0.124 e. The molecule has 18 heavy (non-hydrogen) atoms. The highest BCUT2D eigenvalue weighted by Gasteiger charge is 2.13. The summed E-state index contributed by atoms with van der Waals surface area (Å²) in [5, 5.41) is 7.62. The average Bonchev–Trinajstić information content (AvgIpc) is 2.80. The normalized spacial score (nSPS) is 12.6. The van der Waals surface area contributed by atoms with Gasteiger partial charge in [-0.15, -0.1) is 0 Å². The van der Waals surface area contributed by atoms with E-state index in [1.54, 1.807) is 17.4 Å². The van der Waals surface area contributed by atoms with E-state index in [0.29, 0.717) is 0 Å². The molecule has 0 aliphatic rings. The zero-order valence-electron chi connectivity index (χ0n) is 10.1. The molecule has 2 aromatic rings. The fourth-order valence-corrected chi connectivity index (χ4v) is 3.14. The van der Waals surface area contributed by atoms with Gasteiger partial charge in [0.05, 0.1) is 0 Å². The molecular formula is C14H15BrFNS. The Kier molecular flexibility index (Phi) is 4.92. The number of halogens is 2. The topological polar surface area (TPSA) is 12.0 Å². The van der Waals surface area contributed by atoms with Gasteiger partial charge in [-0.1, -0.05) is 22.9 Å². The van der Waals surface area contributed by atoms with Gasteiger partial charge in [-0.25, -0.2) is 4.39 Å². The third-order valence-electron chi connectivity index (χ3n) is 2.76. The van der Waals surface area contributed by atoms with Crippen molar-refractivity contribution in [2.24, 2.45) is 0 Å². The van der Waals surface area contributed by atoms with Crippen LogP contribution in [-0.4, -0.2) is 6.54 Å². The smallest absolute Gasteiger partial charge is 0.124 e. The van der Waals surface area contributed by atoms with Crippen molar-refractivity contribution in [2.75, 3.05) is 6.54 Å². The summed E-state index contributed by atoms with van der Waals surface area (Å²) >= 11 is 5.03. The van der Waals surface area contributed by atoms with Crippen LogP contribution in [-0.2, 0) is 6.42 Å². The van der Waals surface area contributed by atoms with E-state index < -0.39 is 0 Å². The highest BCUT2D eigenvalue weighted by molar-refractivity contribution is 9.10. The van der Waals surface area contributed by atoms with Crippen LogP contribution in [0, 0.1) is 5.82 Å². The van der Waals surface area contributed by atoms with Crippen molar-refractivity contribution in [3.8, 4) is 0 Å². The number of nitrogens with one attached hydrogen (secondary N) is 1. The minimum Gasteiger partial charge on any atom is -0.310 e. The van der Waals surface area contributed by atoms with Crippen molar-refractivity contribution < 1.29 is 4.39 Å². The van der Waals surface area contributed by atoms with E-state index in [1.165, 1.54) is 11.6 Å². The van der Waals surface area contributed by atoms with Crippen LogP contribution in [0.3, 0.4) is 0 Å². The molecule has 1 N–H and O–H groups in total. The van der Waals surface area contributed by atoms with Crippen LogP contribution in [0.1, 0.15) is 24.1 Å². The summed E-state index contributed by atoms with van der Waals surface area (Å²) in [7, 11) is 0. The van der Waals surface area contributed by atoms with Crippen LogP contribution >= 0.6 is 27.3 Å². The maximum absolute atomic E-state index is 13.5. The van der Waals surface area contributed by atoms with Gasteiger partial charge in [0.15, 0.2) is 0 Å². The summed E-state index contributed by atoms with van der Waals surface area (Å²) < 4.78 is 14.2. The molecule has 0 amide bonds. The van der Waals surface area contributed by atoms with Crippen LogP contribution in [0.4, 0.5) is 4.39 Å². The second-order valence-electron chi connectivity index (χ2n) is 4.15. The highest BCUT2D eigenvalue weighted by atomic mass is 79.9. The molecule has 0 saturated heterocycles. The van der Waals surface area contributed by atoms with E-state index in [9.17, 15) is 4.39 Å². The predicted octanol–water partition coefficient (Wildman–Crippen LogP) is 4.54. The maximum atomic E-state index is 13.5. The predicted molar refractivity (Wildman–Crippen MR) is 78.5 cm³/mol. The fourth-order valence-electron chi connectivity index (χ4n) is 1.98. The number of hydrogen-bond acceptors (Lipinski definition) is 2. The molecule has 0 spiro atoms. The Morgan fingerprint density at radius 2 is 2.22 bits per heavy atom. The minimum atomic E-state index is -0.201. The lowest BCUT2D eigenvalue weighted by Crippen LogP contribution is -2.23. The molecule has 0 aliphatic carbocycles. The molecule has 1 aromatic heterocycles. The molecule has 96 valence electrons. The molecule has 0 aliphatic heterocycles. The molecule has 0 fully saturated rings.